The summed E-state index contributed by atoms with van der Waals surface area (Å²) in [7, 11) is 1.80. The third-order valence-electron chi connectivity index (χ3n) is 3.69. The maximum Gasteiger partial charge on any atom is 0.191 e. The molecule has 1 fully saturated rings. The Morgan fingerprint density at radius 2 is 1.95 bits per heavy atom. The third kappa shape index (κ3) is 5.66. The lowest BCUT2D eigenvalue weighted by Gasteiger charge is -2.12. The summed E-state index contributed by atoms with van der Waals surface area (Å²) in [5, 5.41) is 6.60. The molecule has 1 aliphatic rings. The highest BCUT2D eigenvalue weighted by Gasteiger charge is 2.20. The standard InChI is InChI=1S/C17H27N3O/c1-13(2)15-6-8-16(9-7-15)21-11-10-19-17(18-3)20-12-14-4-5-14/h6-9,13-14H,4-5,10-12H2,1-3H3,(H2,18,19,20). The fourth-order valence-corrected chi connectivity index (χ4v) is 2.07. The average molecular weight is 289 g/mol. The van der Waals surface area contributed by atoms with Gasteiger partial charge in [-0.05, 0) is 42.4 Å². The SMILES string of the molecule is CN=C(NCCOc1ccc(C(C)C)cc1)NCC1CC1. The number of nitrogens with one attached hydrogen (secondary N) is 2. The van der Waals surface area contributed by atoms with Crippen molar-refractivity contribution in [2.45, 2.75) is 32.6 Å². The average Bonchev–Trinajstić information content (AvgIpc) is 3.31. The van der Waals surface area contributed by atoms with Crippen LogP contribution in [0.15, 0.2) is 29.3 Å². The third-order valence-corrected chi connectivity index (χ3v) is 3.69. The molecule has 0 spiro atoms. The number of nitrogens with zero attached hydrogens (tertiary/aromatic N) is 1. The first-order valence-electron chi connectivity index (χ1n) is 7.86. The van der Waals surface area contributed by atoms with Gasteiger partial charge < -0.3 is 15.4 Å². The monoisotopic (exact) mass is 289 g/mol. The van der Waals surface area contributed by atoms with Crippen molar-refractivity contribution in [3.63, 3.8) is 0 Å². The van der Waals surface area contributed by atoms with Crippen molar-refractivity contribution >= 4 is 5.96 Å². The van der Waals surface area contributed by atoms with Crippen LogP contribution in [0.25, 0.3) is 0 Å². The summed E-state index contributed by atoms with van der Waals surface area (Å²) in [5.41, 5.74) is 1.34. The van der Waals surface area contributed by atoms with Crippen molar-refractivity contribution < 1.29 is 4.74 Å². The Labute approximate surface area is 128 Å². The largest absolute Gasteiger partial charge is 0.492 e. The molecule has 0 atom stereocenters. The Kier molecular flexibility index (Phi) is 5.90. The molecule has 116 valence electrons. The molecule has 0 aromatic heterocycles. The van der Waals surface area contributed by atoms with Crippen LogP contribution in [-0.2, 0) is 0 Å². The lowest BCUT2D eigenvalue weighted by atomic mass is 10.0. The summed E-state index contributed by atoms with van der Waals surface area (Å²) in [6.07, 6.45) is 2.69. The number of benzene rings is 1. The number of guanidine groups is 1. The normalized spacial score (nSPS) is 15.1. The summed E-state index contributed by atoms with van der Waals surface area (Å²) < 4.78 is 5.73. The van der Waals surface area contributed by atoms with Crippen molar-refractivity contribution in [3.8, 4) is 5.75 Å². The lowest BCUT2D eigenvalue weighted by molar-refractivity contribution is 0.322. The molecule has 21 heavy (non-hydrogen) atoms. The second-order valence-corrected chi connectivity index (χ2v) is 5.90. The van der Waals surface area contributed by atoms with Gasteiger partial charge in [-0.15, -0.1) is 0 Å². The van der Waals surface area contributed by atoms with Crippen molar-refractivity contribution in [3.05, 3.63) is 29.8 Å². The number of ether oxygens (including phenoxy) is 1. The predicted octanol–water partition coefficient (Wildman–Crippen LogP) is 2.76. The van der Waals surface area contributed by atoms with E-state index in [1.165, 1.54) is 18.4 Å². The van der Waals surface area contributed by atoms with Crippen LogP contribution < -0.4 is 15.4 Å². The van der Waals surface area contributed by atoms with Crippen molar-refractivity contribution in [2.75, 3.05) is 26.7 Å². The van der Waals surface area contributed by atoms with Gasteiger partial charge >= 0.3 is 0 Å². The van der Waals surface area contributed by atoms with Crippen LogP contribution in [0.5, 0.6) is 5.75 Å². The van der Waals surface area contributed by atoms with E-state index in [0.717, 1.165) is 30.7 Å². The van der Waals surface area contributed by atoms with E-state index in [-0.39, 0.29) is 0 Å². The highest BCUT2D eigenvalue weighted by atomic mass is 16.5. The molecule has 1 saturated carbocycles. The molecule has 0 amide bonds. The Morgan fingerprint density at radius 3 is 2.52 bits per heavy atom. The first-order chi connectivity index (χ1) is 10.2. The molecule has 0 aliphatic heterocycles. The van der Waals surface area contributed by atoms with Gasteiger partial charge in [0.15, 0.2) is 5.96 Å². The first-order valence-corrected chi connectivity index (χ1v) is 7.86. The molecule has 0 saturated heterocycles. The number of hydrogen-bond donors (Lipinski definition) is 2. The molecule has 2 N–H and O–H groups in total. The lowest BCUT2D eigenvalue weighted by Crippen LogP contribution is -2.40. The smallest absolute Gasteiger partial charge is 0.191 e. The first kappa shape index (κ1) is 15.7. The molecule has 1 aliphatic carbocycles. The molecule has 2 rings (SSSR count). The van der Waals surface area contributed by atoms with Gasteiger partial charge in [-0.3, -0.25) is 4.99 Å². The molecule has 0 unspecified atom stereocenters. The zero-order valence-electron chi connectivity index (χ0n) is 13.4. The molecule has 4 nitrogen and oxygen atoms in total. The summed E-state index contributed by atoms with van der Waals surface area (Å²) in [6.45, 7) is 6.79. The van der Waals surface area contributed by atoms with Gasteiger partial charge in [0.05, 0.1) is 6.54 Å². The Bertz CT molecular complexity index is 450. The highest BCUT2D eigenvalue weighted by Crippen LogP contribution is 2.27. The Hall–Kier alpha value is -1.71. The van der Waals surface area contributed by atoms with Gasteiger partial charge in [-0.25, -0.2) is 0 Å². The minimum absolute atomic E-state index is 0.557. The van der Waals surface area contributed by atoms with E-state index in [2.05, 4.69) is 41.6 Å². The molecular formula is C17H27N3O. The van der Waals surface area contributed by atoms with Crippen molar-refractivity contribution in [1.29, 1.82) is 0 Å². The van der Waals surface area contributed by atoms with Gasteiger partial charge in [0.2, 0.25) is 0 Å². The van der Waals surface area contributed by atoms with Gasteiger partial charge in [-0.1, -0.05) is 26.0 Å². The summed E-state index contributed by atoms with van der Waals surface area (Å²) in [5.74, 6) is 3.18. The van der Waals surface area contributed by atoms with E-state index >= 15 is 0 Å². The van der Waals surface area contributed by atoms with E-state index in [4.69, 9.17) is 4.74 Å². The topological polar surface area (TPSA) is 45.7 Å². The molecule has 0 radical (unpaired) electrons. The van der Waals surface area contributed by atoms with Crippen LogP contribution in [0.4, 0.5) is 0 Å². The number of hydrogen-bond acceptors (Lipinski definition) is 2. The van der Waals surface area contributed by atoms with Crippen LogP contribution in [0.2, 0.25) is 0 Å². The summed E-state index contributed by atoms with van der Waals surface area (Å²) >= 11 is 0. The van der Waals surface area contributed by atoms with Crippen LogP contribution in [-0.4, -0.2) is 32.7 Å². The van der Waals surface area contributed by atoms with E-state index < -0.39 is 0 Å². The van der Waals surface area contributed by atoms with Gasteiger partial charge in [-0.2, -0.15) is 0 Å². The summed E-state index contributed by atoms with van der Waals surface area (Å²) in [4.78, 5) is 4.20. The van der Waals surface area contributed by atoms with E-state index in [0.29, 0.717) is 12.5 Å². The quantitative estimate of drug-likeness (QED) is 0.461. The molecular weight excluding hydrogens is 262 g/mol. The van der Waals surface area contributed by atoms with Gasteiger partial charge in [0.25, 0.3) is 0 Å². The maximum atomic E-state index is 5.73. The van der Waals surface area contributed by atoms with Crippen molar-refractivity contribution in [2.24, 2.45) is 10.9 Å². The Morgan fingerprint density at radius 1 is 1.24 bits per heavy atom. The van der Waals surface area contributed by atoms with Crippen LogP contribution >= 0.6 is 0 Å². The number of rotatable bonds is 7. The van der Waals surface area contributed by atoms with Gasteiger partial charge in [0.1, 0.15) is 12.4 Å². The minimum atomic E-state index is 0.557. The van der Waals surface area contributed by atoms with Crippen LogP contribution in [0, 0.1) is 5.92 Å². The van der Waals surface area contributed by atoms with E-state index in [1.807, 2.05) is 12.1 Å². The second kappa shape index (κ2) is 7.91. The molecule has 4 heteroatoms. The molecule has 1 aromatic rings. The van der Waals surface area contributed by atoms with E-state index in [9.17, 15) is 0 Å². The molecule has 0 bridgehead atoms. The van der Waals surface area contributed by atoms with E-state index in [1.54, 1.807) is 7.05 Å². The maximum absolute atomic E-state index is 5.73. The fraction of sp³-hybridized carbons (Fsp3) is 0.588. The predicted molar refractivity (Wildman–Crippen MR) is 88.1 cm³/mol. The highest BCUT2D eigenvalue weighted by molar-refractivity contribution is 5.79. The minimum Gasteiger partial charge on any atom is -0.492 e. The van der Waals surface area contributed by atoms with Crippen LogP contribution in [0.1, 0.15) is 38.2 Å². The summed E-state index contributed by atoms with van der Waals surface area (Å²) in [6, 6.07) is 8.33. The molecule has 1 aromatic carbocycles. The van der Waals surface area contributed by atoms with Crippen molar-refractivity contribution in [1.82, 2.24) is 10.6 Å². The van der Waals surface area contributed by atoms with Gasteiger partial charge in [0, 0.05) is 13.6 Å². The fourth-order valence-electron chi connectivity index (χ4n) is 2.07. The van der Waals surface area contributed by atoms with Crippen LogP contribution in [0.3, 0.4) is 0 Å². The number of aliphatic imine (C=N–C) groups is 1. The zero-order chi connectivity index (χ0) is 15.1. The second-order valence-electron chi connectivity index (χ2n) is 5.90. The Balaban J connectivity index is 1.63. The molecule has 0 heterocycles. The zero-order valence-corrected chi connectivity index (χ0v) is 13.4.